The van der Waals surface area contributed by atoms with Crippen molar-refractivity contribution in [3.63, 3.8) is 0 Å². The minimum atomic E-state index is -0.247. The van der Waals surface area contributed by atoms with Crippen LogP contribution in [0.4, 0.5) is 5.69 Å². The maximum atomic E-state index is 13.3. The molecular weight excluding hydrogens is 392 g/mol. The third-order valence-corrected chi connectivity index (χ3v) is 4.96. The second kappa shape index (κ2) is 8.75. The largest absolute Gasteiger partial charge is 0.497 e. The van der Waals surface area contributed by atoms with Gasteiger partial charge in [0.15, 0.2) is 0 Å². The summed E-state index contributed by atoms with van der Waals surface area (Å²) in [5, 5.41) is 3.72. The summed E-state index contributed by atoms with van der Waals surface area (Å²) in [5.41, 5.74) is 3.44. The Balaban J connectivity index is 1.76. The summed E-state index contributed by atoms with van der Waals surface area (Å²) < 4.78 is 15.8. The molecule has 0 unspecified atom stereocenters. The van der Waals surface area contributed by atoms with E-state index in [2.05, 4.69) is 5.32 Å². The van der Waals surface area contributed by atoms with Gasteiger partial charge in [0.25, 0.3) is 5.91 Å². The maximum absolute atomic E-state index is 13.3. The number of rotatable bonds is 6. The molecule has 0 bridgehead atoms. The van der Waals surface area contributed by atoms with Gasteiger partial charge >= 0.3 is 0 Å². The monoisotopic (exact) mass is 414 g/mol. The molecule has 4 rings (SSSR count). The van der Waals surface area contributed by atoms with E-state index < -0.39 is 0 Å². The lowest BCUT2D eigenvalue weighted by Crippen LogP contribution is -2.13. The van der Waals surface area contributed by atoms with Crippen LogP contribution in [0.3, 0.4) is 0 Å². The SMILES string of the molecule is COc1ccc(-c2cc(C(=O)Nc3cc(OC)cc(OC)c3)c3ccccc3n2)cc1. The molecule has 0 aliphatic carbocycles. The first-order valence-electron chi connectivity index (χ1n) is 9.70. The van der Waals surface area contributed by atoms with Gasteiger partial charge in [0.1, 0.15) is 17.2 Å². The van der Waals surface area contributed by atoms with Crippen LogP contribution in [0.2, 0.25) is 0 Å². The number of aromatic nitrogens is 1. The summed E-state index contributed by atoms with van der Waals surface area (Å²) in [6.45, 7) is 0. The Morgan fingerprint density at radius 1 is 0.774 bits per heavy atom. The lowest BCUT2D eigenvalue weighted by Gasteiger charge is -2.12. The number of fused-ring (bicyclic) bond motifs is 1. The van der Waals surface area contributed by atoms with Crippen LogP contribution in [-0.2, 0) is 0 Å². The van der Waals surface area contributed by atoms with E-state index in [-0.39, 0.29) is 5.91 Å². The molecule has 0 aliphatic heterocycles. The van der Waals surface area contributed by atoms with Gasteiger partial charge in [-0.2, -0.15) is 0 Å². The third kappa shape index (κ3) is 4.28. The predicted molar refractivity (Wildman–Crippen MR) is 121 cm³/mol. The van der Waals surface area contributed by atoms with Gasteiger partial charge in [-0.25, -0.2) is 4.98 Å². The van der Waals surface area contributed by atoms with Gasteiger partial charge in [0.05, 0.1) is 38.1 Å². The number of hydrogen-bond donors (Lipinski definition) is 1. The fourth-order valence-electron chi connectivity index (χ4n) is 3.35. The van der Waals surface area contributed by atoms with E-state index in [0.717, 1.165) is 22.2 Å². The zero-order chi connectivity index (χ0) is 21.8. The quantitative estimate of drug-likeness (QED) is 0.471. The maximum Gasteiger partial charge on any atom is 0.256 e. The van der Waals surface area contributed by atoms with Crippen molar-refractivity contribution in [3.05, 3.63) is 78.4 Å². The molecule has 0 radical (unpaired) electrons. The molecule has 31 heavy (non-hydrogen) atoms. The van der Waals surface area contributed by atoms with Crippen LogP contribution in [0.1, 0.15) is 10.4 Å². The number of nitrogens with zero attached hydrogens (tertiary/aromatic N) is 1. The van der Waals surface area contributed by atoms with Crippen molar-refractivity contribution in [2.24, 2.45) is 0 Å². The molecule has 6 nitrogen and oxygen atoms in total. The first kappa shape index (κ1) is 20.2. The Morgan fingerprint density at radius 2 is 1.42 bits per heavy atom. The van der Waals surface area contributed by atoms with Crippen LogP contribution in [0.15, 0.2) is 72.8 Å². The minimum Gasteiger partial charge on any atom is -0.497 e. The molecule has 0 aliphatic rings. The van der Waals surface area contributed by atoms with Crippen molar-refractivity contribution in [3.8, 4) is 28.5 Å². The Kier molecular flexibility index (Phi) is 5.71. The molecule has 156 valence electrons. The Labute approximate surface area is 180 Å². The van der Waals surface area contributed by atoms with E-state index in [4.69, 9.17) is 19.2 Å². The molecule has 1 amide bonds. The van der Waals surface area contributed by atoms with Crippen LogP contribution >= 0.6 is 0 Å². The van der Waals surface area contributed by atoms with Crippen molar-refractivity contribution >= 4 is 22.5 Å². The third-order valence-electron chi connectivity index (χ3n) is 4.96. The second-order valence-corrected chi connectivity index (χ2v) is 6.86. The summed E-state index contributed by atoms with van der Waals surface area (Å²) in [4.78, 5) is 18.0. The fourth-order valence-corrected chi connectivity index (χ4v) is 3.35. The molecule has 0 saturated carbocycles. The fraction of sp³-hybridized carbons (Fsp3) is 0.120. The predicted octanol–water partition coefficient (Wildman–Crippen LogP) is 5.18. The van der Waals surface area contributed by atoms with Crippen LogP contribution in [0, 0.1) is 0 Å². The van der Waals surface area contributed by atoms with Crippen LogP contribution in [-0.4, -0.2) is 32.2 Å². The van der Waals surface area contributed by atoms with Gasteiger partial charge in [0.2, 0.25) is 0 Å². The van der Waals surface area contributed by atoms with E-state index in [1.165, 1.54) is 0 Å². The van der Waals surface area contributed by atoms with Gasteiger partial charge in [-0.15, -0.1) is 0 Å². The molecule has 3 aromatic carbocycles. The number of carbonyl (C=O) groups is 1. The Bertz CT molecular complexity index is 1210. The molecule has 0 spiro atoms. The summed E-state index contributed by atoms with van der Waals surface area (Å²) in [6, 6.07) is 22.2. The second-order valence-electron chi connectivity index (χ2n) is 6.86. The highest BCUT2D eigenvalue weighted by molar-refractivity contribution is 6.13. The van der Waals surface area contributed by atoms with Gasteiger partial charge in [-0.3, -0.25) is 4.79 Å². The Morgan fingerprint density at radius 3 is 2.06 bits per heavy atom. The number of pyridine rings is 1. The summed E-state index contributed by atoms with van der Waals surface area (Å²) in [7, 11) is 4.76. The summed E-state index contributed by atoms with van der Waals surface area (Å²) in [5.74, 6) is 1.69. The highest BCUT2D eigenvalue weighted by Gasteiger charge is 2.15. The van der Waals surface area contributed by atoms with Crippen molar-refractivity contribution in [1.29, 1.82) is 0 Å². The number of anilines is 1. The molecule has 0 atom stereocenters. The number of carbonyl (C=O) groups excluding carboxylic acids is 1. The van der Waals surface area contributed by atoms with Crippen molar-refractivity contribution in [2.45, 2.75) is 0 Å². The average molecular weight is 414 g/mol. The van der Waals surface area contributed by atoms with Crippen molar-refractivity contribution < 1.29 is 19.0 Å². The van der Waals surface area contributed by atoms with Crippen LogP contribution < -0.4 is 19.5 Å². The molecule has 4 aromatic rings. The highest BCUT2D eigenvalue weighted by atomic mass is 16.5. The zero-order valence-corrected chi connectivity index (χ0v) is 17.5. The van der Waals surface area contributed by atoms with E-state index in [9.17, 15) is 4.79 Å². The zero-order valence-electron chi connectivity index (χ0n) is 17.5. The first-order valence-corrected chi connectivity index (χ1v) is 9.70. The van der Waals surface area contributed by atoms with Crippen molar-refractivity contribution in [2.75, 3.05) is 26.6 Å². The summed E-state index contributed by atoms with van der Waals surface area (Å²) >= 11 is 0. The lowest BCUT2D eigenvalue weighted by molar-refractivity contribution is 0.102. The molecule has 1 N–H and O–H groups in total. The number of nitrogens with one attached hydrogen (secondary N) is 1. The van der Waals surface area contributed by atoms with Gasteiger partial charge < -0.3 is 19.5 Å². The first-order chi connectivity index (χ1) is 15.1. The highest BCUT2D eigenvalue weighted by Crippen LogP contribution is 2.29. The van der Waals surface area contributed by atoms with E-state index in [1.54, 1.807) is 45.6 Å². The summed E-state index contributed by atoms with van der Waals surface area (Å²) in [6.07, 6.45) is 0. The van der Waals surface area contributed by atoms with Crippen molar-refractivity contribution in [1.82, 2.24) is 4.98 Å². The molecule has 0 saturated heterocycles. The number of hydrogen-bond acceptors (Lipinski definition) is 5. The topological polar surface area (TPSA) is 69.7 Å². The molecule has 6 heteroatoms. The average Bonchev–Trinajstić information content (AvgIpc) is 2.83. The molecule has 1 aromatic heterocycles. The van der Waals surface area contributed by atoms with Crippen LogP contribution in [0.5, 0.6) is 17.2 Å². The molecule has 0 fully saturated rings. The normalized spacial score (nSPS) is 10.5. The van der Waals surface area contributed by atoms with E-state index >= 15 is 0 Å². The van der Waals surface area contributed by atoms with E-state index in [0.29, 0.717) is 28.4 Å². The number of ether oxygens (including phenoxy) is 3. The van der Waals surface area contributed by atoms with E-state index in [1.807, 2.05) is 48.5 Å². The van der Waals surface area contributed by atoms with Crippen LogP contribution in [0.25, 0.3) is 22.2 Å². The number of benzene rings is 3. The minimum absolute atomic E-state index is 0.247. The lowest BCUT2D eigenvalue weighted by atomic mass is 10.0. The standard InChI is InChI=1S/C25H22N2O4/c1-29-18-10-8-16(9-11-18)24-15-22(21-6-4-5-7-23(21)27-24)25(28)26-17-12-19(30-2)14-20(13-17)31-3/h4-15H,1-3H3,(H,26,28). The Hall–Kier alpha value is -4.06. The molecular formula is C25H22N2O4. The smallest absolute Gasteiger partial charge is 0.256 e. The number of para-hydroxylation sites is 1. The van der Waals surface area contributed by atoms with Gasteiger partial charge in [-0.1, -0.05) is 18.2 Å². The number of amides is 1. The number of methoxy groups -OCH3 is 3. The van der Waals surface area contributed by atoms with Gasteiger partial charge in [0, 0.05) is 34.8 Å². The molecule has 1 heterocycles. The van der Waals surface area contributed by atoms with Gasteiger partial charge in [-0.05, 0) is 36.4 Å².